The summed E-state index contributed by atoms with van der Waals surface area (Å²) in [6.45, 7) is 0. The molecule has 0 spiro atoms. The Hall–Kier alpha value is -0.653. The second-order valence-corrected chi connectivity index (χ2v) is 3.88. The SMILES string of the molecule is COC(=O)c1c([SiH3])nc(Cl)nc1Cl. The summed E-state index contributed by atoms with van der Waals surface area (Å²) in [5.41, 5.74) is 0.209. The third-order valence-electron chi connectivity index (χ3n) is 1.41. The van der Waals surface area contributed by atoms with Gasteiger partial charge in [-0.1, -0.05) is 11.6 Å². The van der Waals surface area contributed by atoms with E-state index in [-0.39, 0.29) is 16.0 Å². The largest absolute Gasteiger partial charge is 0.465 e. The molecule has 70 valence electrons. The second kappa shape index (κ2) is 4.04. The highest BCUT2D eigenvalue weighted by atomic mass is 35.5. The summed E-state index contributed by atoms with van der Waals surface area (Å²) in [4.78, 5) is 18.6. The molecule has 0 aliphatic heterocycles. The number of ether oxygens (including phenoxy) is 1. The number of carbonyl (C=O) groups is 1. The van der Waals surface area contributed by atoms with Gasteiger partial charge in [-0.25, -0.2) is 14.8 Å². The molecule has 0 bridgehead atoms. The van der Waals surface area contributed by atoms with Crippen LogP contribution in [-0.4, -0.2) is 33.3 Å². The number of hydrogen-bond acceptors (Lipinski definition) is 4. The van der Waals surface area contributed by atoms with Crippen molar-refractivity contribution in [3.05, 3.63) is 16.0 Å². The fourth-order valence-corrected chi connectivity index (χ4v) is 2.34. The Morgan fingerprint density at radius 3 is 2.54 bits per heavy atom. The van der Waals surface area contributed by atoms with E-state index in [0.29, 0.717) is 15.6 Å². The lowest BCUT2D eigenvalue weighted by molar-refractivity contribution is 0.0601. The Bertz CT molecular complexity index is 335. The van der Waals surface area contributed by atoms with Crippen LogP contribution in [0.2, 0.25) is 10.4 Å². The average Bonchev–Trinajstić information content (AvgIpc) is 2.02. The average molecular weight is 237 g/mol. The fraction of sp³-hybridized carbons (Fsp3) is 0.167. The maximum absolute atomic E-state index is 11.2. The van der Waals surface area contributed by atoms with Crippen molar-refractivity contribution in [2.24, 2.45) is 0 Å². The number of esters is 1. The molecule has 0 unspecified atom stereocenters. The fourth-order valence-electron chi connectivity index (χ4n) is 0.839. The van der Waals surface area contributed by atoms with Crippen LogP contribution in [0.25, 0.3) is 0 Å². The van der Waals surface area contributed by atoms with Crippen LogP contribution in [0.15, 0.2) is 0 Å². The number of rotatable bonds is 1. The number of nitrogens with zero attached hydrogens (tertiary/aromatic N) is 2. The van der Waals surface area contributed by atoms with E-state index < -0.39 is 5.97 Å². The Balaban J connectivity index is 3.28. The highest BCUT2D eigenvalue weighted by molar-refractivity contribution is 6.41. The van der Waals surface area contributed by atoms with Crippen molar-refractivity contribution >= 4 is 44.7 Å². The predicted octanol–water partition coefficient (Wildman–Crippen LogP) is -0.439. The number of aromatic nitrogens is 2. The van der Waals surface area contributed by atoms with Crippen molar-refractivity contribution in [1.29, 1.82) is 0 Å². The monoisotopic (exact) mass is 236 g/mol. The summed E-state index contributed by atoms with van der Waals surface area (Å²) in [6, 6.07) is 0. The van der Waals surface area contributed by atoms with Crippen LogP contribution >= 0.6 is 23.2 Å². The van der Waals surface area contributed by atoms with Crippen molar-refractivity contribution in [3.63, 3.8) is 0 Å². The molecule has 1 heterocycles. The van der Waals surface area contributed by atoms with Crippen molar-refractivity contribution in [2.45, 2.75) is 0 Å². The van der Waals surface area contributed by atoms with Gasteiger partial charge in [0.15, 0.2) is 0 Å². The van der Waals surface area contributed by atoms with Gasteiger partial charge in [0.1, 0.15) is 10.7 Å². The first-order valence-corrected chi connectivity index (χ1v) is 5.09. The number of hydrogen-bond donors (Lipinski definition) is 0. The van der Waals surface area contributed by atoms with Gasteiger partial charge in [-0.05, 0) is 11.6 Å². The van der Waals surface area contributed by atoms with Gasteiger partial charge in [-0.15, -0.1) is 0 Å². The molecule has 13 heavy (non-hydrogen) atoms. The van der Waals surface area contributed by atoms with Crippen LogP contribution < -0.4 is 5.32 Å². The summed E-state index contributed by atoms with van der Waals surface area (Å²) in [7, 11) is 1.83. The molecule has 7 heteroatoms. The maximum Gasteiger partial charge on any atom is 0.342 e. The summed E-state index contributed by atoms with van der Waals surface area (Å²) in [6.07, 6.45) is 0. The van der Waals surface area contributed by atoms with Gasteiger partial charge in [-0.3, -0.25) is 0 Å². The molecule has 1 aromatic rings. The molecule has 0 amide bonds. The van der Waals surface area contributed by atoms with Gasteiger partial charge in [0, 0.05) is 5.32 Å². The molecule has 0 aliphatic rings. The van der Waals surface area contributed by atoms with Gasteiger partial charge < -0.3 is 4.74 Å². The maximum atomic E-state index is 11.2. The topological polar surface area (TPSA) is 52.1 Å². The molecule has 1 rings (SSSR count). The summed E-state index contributed by atoms with van der Waals surface area (Å²) in [5.74, 6) is -0.535. The lowest BCUT2D eigenvalue weighted by Crippen LogP contribution is -2.22. The summed E-state index contributed by atoms with van der Waals surface area (Å²) in [5, 5.41) is 0.622. The molecule has 0 fully saturated rings. The molecule has 0 N–H and O–H groups in total. The number of methoxy groups -OCH3 is 1. The van der Waals surface area contributed by atoms with Crippen LogP contribution in [0.1, 0.15) is 10.4 Å². The molecule has 1 aromatic heterocycles. The van der Waals surface area contributed by atoms with E-state index in [1.807, 2.05) is 0 Å². The van der Waals surface area contributed by atoms with Gasteiger partial charge >= 0.3 is 5.97 Å². The molecule has 0 aliphatic carbocycles. The van der Waals surface area contributed by atoms with E-state index in [9.17, 15) is 4.79 Å². The summed E-state index contributed by atoms with van der Waals surface area (Å²) >= 11 is 11.2. The van der Waals surface area contributed by atoms with Crippen LogP contribution in [0, 0.1) is 0 Å². The Morgan fingerprint density at radius 2 is 2.08 bits per heavy atom. The molecule has 0 saturated carbocycles. The van der Waals surface area contributed by atoms with Crippen molar-refractivity contribution in [3.8, 4) is 0 Å². The smallest absolute Gasteiger partial charge is 0.342 e. The van der Waals surface area contributed by atoms with Crippen LogP contribution in [0.3, 0.4) is 0 Å². The van der Waals surface area contributed by atoms with Gasteiger partial charge in [0.2, 0.25) is 5.28 Å². The molecule has 0 aromatic carbocycles. The van der Waals surface area contributed by atoms with E-state index in [4.69, 9.17) is 23.2 Å². The van der Waals surface area contributed by atoms with Gasteiger partial charge in [0.25, 0.3) is 0 Å². The Labute approximate surface area is 87.7 Å². The molecule has 0 radical (unpaired) electrons. The van der Waals surface area contributed by atoms with Crippen molar-refractivity contribution in [2.75, 3.05) is 7.11 Å². The lowest BCUT2D eigenvalue weighted by atomic mass is 10.3. The summed E-state index contributed by atoms with van der Waals surface area (Å²) < 4.78 is 4.51. The lowest BCUT2D eigenvalue weighted by Gasteiger charge is -2.04. The van der Waals surface area contributed by atoms with E-state index >= 15 is 0 Å². The Morgan fingerprint density at radius 1 is 1.46 bits per heavy atom. The number of carbonyl (C=O) groups excluding carboxylic acids is 1. The highest BCUT2D eigenvalue weighted by Gasteiger charge is 2.16. The van der Waals surface area contributed by atoms with E-state index in [0.717, 1.165) is 0 Å². The normalized spacial score (nSPS) is 10.1. The third kappa shape index (κ3) is 2.18. The molecule has 0 saturated heterocycles. The van der Waals surface area contributed by atoms with E-state index in [1.165, 1.54) is 7.11 Å². The first kappa shape index (κ1) is 10.4. The van der Waals surface area contributed by atoms with E-state index in [1.54, 1.807) is 0 Å². The van der Waals surface area contributed by atoms with E-state index in [2.05, 4.69) is 14.7 Å². The van der Waals surface area contributed by atoms with Crippen molar-refractivity contribution < 1.29 is 9.53 Å². The minimum atomic E-state index is -0.535. The van der Waals surface area contributed by atoms with Crippen LogP contribution in [0.4, 0.5) is 0 Å². The van der Waals surface area contributed by atoms with Crippen LogP contribution in [-0.2, 0) is 4.74 Å². The molecule has 4 nitrogen and oxygen atoms in total. The van der Waals surface area contributed by atoms with Crippen molar-refractivity contribution in [1.82, 2.24) is 9.97 Å². The minimum absolute atomic E-state index is 0.0388. The predicted molar refractivity (Wildman–Crippen MR) is 53.0 cm³/mol. The minimum Gasteiger partial charge on any atom is -0.465 e. The highest BCUT2D eigenvalue weighted by Crippen LogP contribution is 2.12. The first-order valence-electron chi connectivity index (χ1n) is 3.34. The second-order valence-electron chi connectivity index (χ2n) is 2.24. The zero-order valence-electron chi connectivity index (χ0n) is 6.97. The molecule has 0 atom stereocenters. The number of halogens is 2. The zero-order valence-corrected chi connectivity index (χ0v) is 10.5. The third-order valence-corrected chi connectivity index (χ3v) is 2.57. The Kier molecular flexibility index (Phi) is 3.24. The molecular formula is C6H6Cl2N2O2Si. The molecular weight excluding hydrogens is 231 g/mol. The van der Waals surface area contributed by atoms with Gasteiger partial charge in [0.05, 0.1) is 17.4 Å². The quantitative estimate of drug-likeness (QED) is 0.287. The van der Waals surface area contributed by atoms with Crippen LogP contribution in [0.5, 0.6) is 0 Å². The first-order chi connectivity index (χ1) is 6.06. The standard InChI is InChI=1S/C6H6Cl2N2O2Si/c1-12-5(11)2-3(7)9-6(8)10-4(2)13/h1,13H3. The zero-order chi connectivity index (χ0) is 10.0. The van der Waals surface area contributed by atoms with Gasteiger partial charge in [-0.2, -0.15) is 0 Å².